The second-order valence-electron chi connectivity index (χ2n) is 2.73. The molecule has 0 aliphatic carbocycles. The molecule has 0 aliphatic rings. The van der Waals surface area contributed by atoms with Gasteiger partial charge in [0.05, 0.1) is 6.61 Å². The van der Waals surface area contributed by atoms with Gasteiger partial charge in [-0.3, -0.25) is 0 Å². The van der Waals surface area contributed by atoms with Crippen molar-refractivity contribution < 1.29 is 19.7 Å². The molecule has 1 rings (SSSR count). The van der Waals surface area contributed by atoms with E-state index in [1.807, 2.05) is 0 Å². The Kier molecular flexibility index (Phi) is 4.42. The number of aliphatic hydroxyl groups excluding tert-OH is 1. The minimum absolute atomic E-state index is 0.160. The minimum Gasteiger partial charge on any atom is -0.493 e. The quantitative estimate of drug-likeness (QED) is 0.709. The molecule has 0 saturated carbocycles. The van der Waals surface area contributed by atoms with E-state index < -0.39 is 5.97 Å². The van der Waals surface area contributed by atoms with Gasteiger partial charge in [0, 0.05) is 18.1 Å². The zero-order valence-electron chi connectivity index (χ0n) is 7.60. The van der Waals surface area contributed by atoms with Gasteiger partial charge in [0.25, 0.3) is 0 Å². The number of hydrogen-bond donors (Lipinski definition) is 2. The Morgan fingerprint density at radius 2 is 2.29 bits per heavy atom. The Morgan fingerprint density at radius 1 is 1.50 bits per heavy atom. The highest BCUT2D eigenvalue weighted by Gasteiger charge is 2.06. The van der Waals surface area contributed by atoms with Gasteiger partial charge in [-0.25, -0.2) is 4.79 Å². The maximum Gasteiger partial charge on any atom is 0.346 e. The maximum atomic E-state index is 10.5. The highest BCUT2D eigenvalue weighted by atomic mass is 32.1. The lowest BCUT2D eigenvalue weighted by Gasteiger charge is -2.01. The van der Waals surface area contributed by atoms with Crippen molar-refractivity contribution in [2.24, 2.45) is 0 Å². The molecule has 2 N–H and O–H groups in total. The van der Waals surface area contributed by atoms with Crippen LogP contribution in [-0.4, -0.2) is 29.4 Å². The van der Waals surface area contributed by atoms with Crippen LogP contribution in [0.1, 0.15) is 22.5 Å². The Labute approximate surface area is 85.8 Å². The fourth-order valence-corrected chi connectivity index (χ4v) is 1.57. The van der Waals surface area contributed by atoms with Gasteiger partial charge < -0.3 is 14.9 Å². The molecule has 0 saturated heterocycles. The number of ether oxygens (including phenoxy) is 1. The summed E-state index contributed by atoms with van der Waals surface area (Å²) in [5.41, 5.74) is 0. The van der Waals surface area contributed by atoms with E-state index in [4.69, 9.17) is 14.9 Å². The minimum atomic E-state index is -0.930. The van der Waals surface area contributed by atoms with Crippen molar-refractivity contribution in [1.82, 2.24) is 0 Å². The molecule has 0 bridgehead atoms. The van der Waals surface area contributed by atoms with Crippen molar-refractivity contribution >= 4 is 17.3 Å². The Morgan fingerprint density at radius 3 is 2.86 bits per heavy atom. The van der Waals surface area contributed by atoms with E-state index in [-0.39, 0.29) is 11.5 Å². The molecule has 5 heteroatoms. The number of aromatic carboxylic acids is 1. The number of carboxylic acid groups (broad SMARTS) is 1. The van der Waals surface area contributed by atoms with Crippen LogP contribution in [0.3, 0.4) is 0 Å². The number of unbranched alkanes of at least 4 members (excludes halogenated alkanes) is 1. The second kappa shape index (κ2) is 5.62. The second-order valence-corrected chi connectivity index (χ2v) is 3.64. The Hall–Kier alpha value is -1.07. The number of thiophene rings is 1. The van der Waals surface area contributed by atoms with Crippen LogP contribution in [0.5, 0.6) is 5.75 Å². The molecule has 0 atom stereocenters. The zero-order valence-corrected chi connectivity index (χ0v) is 8.42. The van der Waals surface area contributed by atoms with Crippen molar-refractivity contribution in [1.29, 1.82) is 0 Å². The van der Waals surface area contributed by atoms with E-state index in [0.29, 0.717) is 18.8 Å². The normalized spacial score (nSPS) is 10.1. The molecule has 0 fully saturated rings. The van der Waals surface area contributed by atoms with Gasteiger partial charge in [0.2, 0.25) is 0 Å². The SMILES string of the molecule is O=C(O)c1cc(OCCCCO)cs1. The average molecular weight is 216 g/mol. The maximum absolute atomic E-state index is 10.5. The van der Waals surface area contributed by atoms with Gasteiger partial charge in [0.1, 0.15) is 10.6 Å². The summed E-state index contributed by atoms with van der Waals surface area (Å²) < 4.78 is 5.27. The molecule has 1 aromatic rings. The molecule has 4 nitrogen and oxygen atoms in total. The highest BCUT2D eigenvalue weighted by Crippen LogP contribution is 2.21. The third-order valence-electron chi connectivity index (χ3n) is 1.61. The lowest BCUT2D eigenvalue weighted by atomic mass is 10.3. The first-order chi connectivity index (χ1) is 6.74. The fraction of sp³-hybridized carbons (Fsp3) is 0.444. The average Bonchev–Trinajstić information content (AvgIpc) is 2.61. The van der Waals surface area contributed by atoms with Gasteiger partial charge in [-0.15, -0.1) is 11.3 Å². The predicted octanol–water partition coefficient (Wildman–Crippen LogP) is 1.60. The van der Waals surface area contributed by atoms with Crippen molar-refractivity contribution in [2.75, 3.05) is 13.2 Å². The summed E-state index contributed by atoms with van der Waals surface area (Å²) in [6.07, 6.45) is 1.48. The van der Waals surface area contributed by atoms with Crippen LogP contribution in [0, 0.1) is 0 Å². The predicted molar refractivity (Wildman–Crippen MR) is 53.1 cm³/mol. The molecule has 1 aromatic heterocycles. The summed E-state index contributed by atoms with van der Waals surface area (Å²) in [6, 6.07) is 1.51. The largest absolute Gasteiger partial charge is 0.493 e. The van der Waals surface area contributed by atoms with Crippen LogP contribution in [-0.2, 0) is 0 Å². The topological polar surface area (TPSA) is 66.8 Å². The Bertz CT molecular complexity index is 295. The zero-order chi connectivity index (χ0) is 10.4. The summed E-state index contributed by atoms with van der Waals surface area (Å²) >= 11 is 1.15. The van der Waals surface area contributed by atoms with Gasteiger partial charge in [-0.1, -0.05) is 0 Å². The summed E-state index contributed by atoms with van der Waals surface area (Å²) in [5.74, 6) is -0.342. The molecular weight excluding hydrogens is 204 g/mol. The summed E-state index contributed by atoms with van der Waals surface area (Å²) in [6.45, 7) is 0.670. The fourth-order valence-electron chi connectivity index (χ4n) is 0.911. The first kappa shape index (κ1) is 11.0. The molecule has 0 aliphatic heterocycles. The summed E-state index contributed by atoms with van der Waals surface area (Å²) in [4.78, 5) is 10.8. The summed E-state index contributed by atoms with van der Waals surface area (Å²) in [5, 5.41) is 18.8. The van der Waals surface area contributed by atoms with Crippen molar-refractivity contribution in [3.05, 3.63) is 16.3 Å². The third kappa shape index (κ3) is 3.35. The smallest absolute Gasteiger partial charge is 0.346 e. The highest BCUT2D eigenvalue weighted by molar-refractivity contribution is 7.12. The first-order valence-electron chi connectivity index (χ1n) is 4.29. The molecule has 14 heavy (non-hydrogen) atoms. The summed E-state index contributed by atoms with van der Waals surface area (Å²) in [7, 11) is 0. The van der Waals surface area contributed by atoms with Crippen LogP contribution >= 0.6 is 11.3 Å². The van der Waals surface area contributed by atoms with E-state index in [1.165, 1.54) is 6.07 Å². The van der Waals surface area contributed by atoms with E-state index in [1.54, 1.807) is 5.38 Å². The lowest BCUT2D eigenvalue weighted by Crippen LogP contribution is -1.97. The van der Waals surface area contributed by atoms with Crippen LogP contribution in [0.15, 0.2) is 11.4 Å². The lowest BCUT2D eigenvalue weighted by molar-refractivity contribution is 0.0702. The van der Waals surface area contributed by atoms with Gasteiger partial charge in [0.15, 0.2) is 0 Å². The standard InChI is InChI=1S/C9H12O4S/c10-3-1-2-4-13-7-5-8(9(11)12)14-6-7/h5-6,10H,1-4H2,(H,11,12). The van der Waals surface area contributed by atoms with E-state index in [9.17, 15) is 4.79 Å². The van der Waals surface area contributed by atoms with Crippen molar-refractivity contribution in [3.63, 3.8) is 0 Å². The van der Waals surface area contributed by atoms with Crippen LogP contribution < -0.4 is 4.74 Å². The number of hydrogen-bond acceptors (Lipinski definition) is 4. The van der Waals surface area contributed by atoms with E-state index in [2.05, 4.69) is 0 Å². The molecule has 78 valence electrons. The van der Waals surface area contributed by atoms with Crippen LogP contribution in [0.4, 0.5) is 0 Å². The molecule has 1 heterocycles. The van der Waals surface area contributed by atoms with Crippen molar-refractivity contribution in [2.45, 2.75) is 12.8 Å². The Balaban J connectivity index is 2.33. The van der Waals surface area contributed by atoms with Gasteiger partial charge in [-0.2, -0.15) is 0 Å². The molecule has 0 aromatic carbocycles. The van der Waals surface area contributed by atoms with Crippen molar-refractivity contribution in [3.8, 4) is 5.75 Å². The number of carboxylic acids is 1. The number of aliphatic hydroxyl groups is 1. The number of rotatable bonds is 6. The van der Waals surface area contributed by atoms with Gasteiger partial charge in [-0.05, 0) is 12.8 Å². The molecule has 0 radical (unpaired) electrons. The number of carbonyl (C=O) groups is 1. The third-order valence-corrected chi connectivity index (χ3v) is 2.50. The first-order valence-corrected chi connectivity index (χ1v) is 5.17. The molecule has 0 spiro atoms. The molecule has 0 amide bonds. The monoisotopic (exact) mass is 216 g/mol. The van der Waals surface area contributed by atoms with Crippen LogP contribution in [0.2, 0.25) is 0 Å². The van der Waals surface area contributed by atoms with Gasteiger partial charge >= 0.3 is 5.97 Å². The molecular formula is C9H12O4S. The van der Waals surface area contributed by atoms with E-state index >= 15 is 0 Å². The van der Waals surface area contributed by atoms with E-state index in [0.717, 1.165) is 17.8 Å². The van der Waals surface area contributed by atoms with Crippen LogP contribution in [0.25, 0.3) is 0 Å². The molecule has 0 unspecified atom stereocenters.